The van der Waals surface area contributed by atoms with Gasteiger partial charge in [-0.2, -0.15) is 0 Å². The average molecular weight is 210 g/mol. The van der Waals surface area contributed by atoms with Crippen LogP contribution in [0.25, 0.3) is 0 Å². The van der Waals surface area contributed by atoms with Crippen LogP contribution in [0.5, 0.6) is 0 Å². The van der Waals surface area contributed by atoms with Gasteiger partial charge in [-0.1, -0.05) is 0 Å². The van der Waals surface area contributed by atoms with E-state index in [9.17, 15) is 9.59 Å². The lowest BCUT2D eigenvalue weighted by Gasteiger charge is -2.02. The number of hydrogen-bond acceptors (Lipinski definition) is 4. The summed E-state index contributed by atoms with van der Waals surface area (Å²) in [6.45, 7) is -0.125. The van der Waals surface area contributed by atoms with Gasteiger partial charge in [0.1, 0.15) is 0 Å². The molecule has 0 saturated heterocycles. The number of carboxylic acids is 1. The van der Waals surface area contributed by atoms with Crippen LogP contribution in [0.4, 0.5) is 0 Å². The molecule has 0 aliphatic carbocycles. The summed E-state index contributed by atoms with van der Waals surface area (Å²) in [5.41, 5.74) is 0.412. The van der Waals surface area contributed by atoms with Crippen molar-refractivity contribution in [3.8, 4) is 0 Å². The van der Waals surface area contributed by atoms with Crippen LogP contribution < -0.4 is 0 Å². The van der Waals surface area contributed by atoms with Crippen molar-refractivity contribution in [1.29, 1.82) is 0 Å². The van der Waals surface area contributed by atoms with Crippen LogP contribution in [0.3, 0.4) is 0 Å². The molecule has 1 N–H and O–H groups in total. The highest BCUT2D eigenvalue weighted by molar-refractivity contribution is 5.92. The highest BCUT2D eigenvalue weighted by atomic mass is 16.7. The Morgan fingerprint density at radius 2 is 1.73 bits per heavy atom. The number of esters is 1. The fourth-order valence-electron chi connectivity index (χ4n) is 0.945. The Balaban J connectivity index is 2.71. The van der Waals surface area contributed by atoms with Crippen LogP contribution in [-0.4, -0.2) is 30.9 Å². The van der Waals surface area contributed by atoms with Gasteiger partial charge in [0.05, 0.1) is 11.1 Å². The van der Waals surface area contributed by atoms with E-state index in [0.29, 0.717) is 0 Å². The summed E-state index contributed by atoms with van der Waals surface area (Å²) in [5.74, 6) is -1.58. The van der Waals surface area contributed by atoms with Gasteiger partial charge in [-0.3, -0.25) is 0 Å². The molecule has 80 valence electrons. The molecule has 0 heterocycles. The number of ether oxygens (including phenoxy) is 2. The normalized spacial score (nSPS) is 9.67. The van der Waals surface area contributed by atoms with Crippen LogP contribution in [0, 0.1) is 0 Å². The standard InChI is InChI=1S/C10H10O5/c1-14-6-15-10(13)8-4-2-7(3-5-8)9(11)12/h2-5H,6H2,1H3,(H,11,12). The SMILES string of the molecule is COCOC(=O)c1ccc(C(=O)O)cc1. The molecule has 1 aromatic rings. The van der Waals surface area contributed by atoms with Crippen molar-refractivity contribution in [3.63, 3.8) is 0 Å². The van der Waals surface area contributed by atoms with Crippen molar-refractivity contribution in [3.05, 3.63) is 35.4 Å². The molecule has 0 bridgehead atoms. The van der Waals surface area contributed by atoms with E-state index in [4.69, 9.17) is 5.11 Å². The molecule has 0 amide bonds. The molecule has 0 aromatic heterocycles. The number of methoxy groups -OCH3 is 1. The molecule has 0 atom stereocenters. The van der Waals surface area contributed by atoms with E-state index in [1.807, 2.05) is 0 Å². The van der Waals surface area contributed by atoms with Crippen LogP contribution in [-0.2, 0) is 9.47 Å². The Hall–Kier alpha value is -1.88. The summed E-state index contributed by atoms with van der Waals surface area (Å²) in [7, 11) is 1.40. The fraction of sp³-hybridized carbons (Fsp3) is 0.200. The quantitative estimate of drug-likeness (QED) is 0.596. The summed E-state index contributed by atoms with van der Waals surface area (Å²) >= 11 is 0. The van der Waals surface area contributed by atoms with Gasteiger partial charge < -0.3 is 14.6 Å². The maximum Gasteiger partial charge on any atom is 0.340 e. The molecular formula is C10H10O5. The minimum absolute atomic E-state index is 0.123. The third kappa shape index (κ3) is 3.07. The van der Waals surface area contributed by atoms with Gasteiger partial charge in [-0.15, -0.1) is 0 Å². The first-order valence-corrected chi connectivity index (χ1v) is 4.14. The van der Waals surface area contributed by atoms with Crippen molar-refractivity contribution in [2.24, 2.45) is 0 Å². The number of carbonyl (C=O) groups excluding carboxylic acids is 1. The predicted octanol–water partition coefficient (Wildman–Crippen LogP) is 1.15. The van der Waals surface area contributed by atoms with Crippen molar-refractivity contribution in [2.45, 2.75) is 0 Å². The number of carboxylic acid groups (broad SMARTS) is 1. The van der Waals surface area contributed by atoms with Gasteiger partial charge >= 0.3 is 11.9 Å². The van der Waals surface area contributed by atoms with E-state index >= 15 is 0 Å². The number of carbonyl (C=O) groups is 2. The summed E-state index contributed by atoms with van der Waals surface area (Å²) in [4.78, 5) is 21.8. The summed E-state index contributed by atoms with van der Waals surface area (Å²) in [6.07, 6.45) is 0. The molecule has 5 nitrogen and oxygen atoms in total. The van der Waals surface area contributed by atoms with E-state index < -0.39 is 11.9 Å². The Morgan fingerprint density at radius 3 is 2.20 bits per heavy atom. The van der Waals surface area contributed by atoms with Crippen molar-refractivity contribution >= 4 is 11.9 Å². The number of benzene rings is 1. The highest BCUT2D eigenvalue weighted by Crippen LogP contribution is 2.05. The lowest BCUT2D eigenvalue weighted by atomic mass is 10.1. The van der Waals surface area contributed by atoms with Crippen molar-refractivity contribution < 1.29 is 24.2 Å². The molecule has 0 saturated carbocycles. The van der Waals surface area contributed by atoms with E-state index in [1.54, 1.807) is 0 Å². The number of hydrogen-bond donors (Lipinski definition) is 1. The second-order valence-corrected chi connectivity index (χ2v) is 2.72. The third-order valence-corrected chi connectivity index (χ3v) is 1.68. The van der Waals surface area contributed by atoms with Crippen LogP contribution in [0.2, 0.25) is 0 Å². The van der Waals surface area contributed by atoms with E-state index in [2.05, 4.69) is 9.47 Å². The Labute approximate surface area is 86.2 Å². The molecule has 0 aliphatic rings. The Bertz CT molecular complexity index is 355. The molecular weight excluding hydrogens is 200 g/mol. The smallest absolute Gasteiger partial charge is 0.340 e. The summed E-state index contributed by atoms with van der Waals surface area (Å²) in [6, 6.07) is 5.46. The molecule has 5 heteroatoms. The van der Waals surface area contributed by atoms with E-state index in [-0.39, 0.29) is 17.9 Å². The first-order chi connectivity index (χ1) is 7.15. The van der Waals surface area contributed by atoms with Crippen LogP contribution >= 0.6 is 0 Å². The molecule has 0 aliphatic heterocycles. The van der Waals surface area contributed by atoms with Gasteiger partial charge in [0.25, 0.3) is 0 Å². The summed E-state index contributed by atoms with van der Waals surface area (Å²) in [5, 5.41) is 8.62. The largest absolute Gasteiger partial charge is 0.478 e. The lowest BCUT2D eigenvalue weighted by Crippen LogP contribution is -2.07. The highest BCUT2D eigenvalue weighted by Gasteiger charge is 2.08. The fourth-order valence-corrected chi connectivity index (χ4v) is 0.945. The third-order valence-electron chi connectivity index (χ3n) is 1.68. The first-order valence-electron chi connectivity index (χ1n) is 4.14. The zero-order valence-electron chi connectivity index (χ0n) is 8.10. The van der Waals surface area contributed by atoms with E-state index in [1.165, 1.54) is 31.4 Å². The average Bonchev–Trinajstić information content (AvgIpc) is 2.26. The number of rotatable bonds is 4. The molecule has 15 heavy (non-hydrogen) atoms. The Morgan fingerprint density at radius 1 is 1.20 bits per heavy atom. The molecule has 0 unspecified atom stereocenters. The van der Waals surface area contributed by atoms with Gasteiger partial charge in [0.15, 0.2) is 6.79 Å². The van der Waals surface area contributed by atoms with Crippen molar-refractivity contribution in [1.82, 2.24) is 0 Å². The van der Waals surface area contributed by atoms with Gasteiger partial charge in [0.2, 0.25) is 0 Å². The zero-order valence-corrected chi connectivity index (χ0v) is 8.10. The minimum atomic E-state index is -1.04. The molecule has 0 radical (unpaired) electrons. The monoisotopic (exact) mass is 210 g/mol. The van der Waals surface area contributed by atoms with Gasteiger partial charge in [-0.25, -0.2) is 9.59 Å². The van der Waals surface area contributed by atoms with Gasteiger partial charge in [0, 0.05) is 7.11 Å². The number of aromatic carboxylic acids is 1. The molecule has 0 spiro atoms. The molecule has 0 fully saturated rings. The van der Waals surface area contributed by atoms with Gasteiger partial charge in [-0.05, 0) is 24.3 Å². The second kappa shape index (κ2) is 5.11. The lowest BCUT2D eigenvalue weighted by molar-refractivity contribution is -0.0125. The predicted molar refractivity (Wildman–Crippen MR) is 50.7 cm³/mol. The molecule has 1 rings (SSSR count). The maximum absolute atomic E-state index is 11.2. The Kier molecular flexibility index (Phi) is 3.82. The van der Waals surface area contributed by atoms with Crippen LogP contribution in [0.1, 0.15) is 20.7 Å². The first kappa shape index (κ1) is 11.2. The maximum atomic E-state index is 11.2. The molecule has 1 aromatic carbocycles. The second-order valence-electron chi connectivity index (χ2n) is 2.72. The zero-order chi connectivity index (χ0) is 11.3. The van der Waals surface area contributed by atoms with Crippen LogP contribution in [0.15, 0.2) is 24.3 Å². The summed E-state index contributed by atoms with van der Waals surface area (Å²) < 4.78 is 9.23. The van der Waals surface area contributed by atoms with E-state index in [0.717, 1.165) is 0 Å². The topological polar surface area (TPSA) is 72.8 Å². The minimum Gasteiger partial charge on any atom is -0.478 e. The van der Waals surface area contributed by atoms with Crippen molar-refractivity contribution in [2.75, 3.05) is 13.9 Å².